The third kappa shape index (κ3) is 3.30. The van der Waals surface area contributed by atoms with Crippen molar-refractivity contribution in [3.8, 4) is 0 Å². The van der Waals surface area contributed by atoms with Crippen LogP contribution in [-0.2, 0) is 0 Å². The van der Waals surface area contributed by atoms with Crippen molar-refractivity contribution in [1.29, 1.82) is 0 Å². The summed E-state index contributed by atoms with van der Waals surface area (Å²) in [6.45, 7) is 3.07. The average molecular weight is 232 g/mol. The molecule has 1 fully saturated rings. The van der Waals surface area contributed by atoms with Crippen molar-refractivity contribution in [3.63, 3.8) is 0 Å². The first-order valence-corrected chi connectivity index (χ1v) is 6.82. The van der Waals surface area contributed by atoms with Crippen LogP contribution in [0.1, 0.15) is 44.2 Å². The van der Waals surface area contributed by atoms with Crippen LogP contribution in [0.3, 0.4) is 0 Å². The van der Waals surface area contributed by atoms with Crippen LogP contribution in [0, 0.1) is 5.92 Å². The van der Waals surface area contributed by atoms with Gasteiger partial charge in [-0.1, -0.05) is 43.2 Å². The van der Waals surface area contributed by atoms with Crippen molar-refractivity contribution >= 4 is 0 Å². The van der Waals surface area contributed by atoms with Crippen molar-refractivity contribution in [2.45, 2.75) is 44.7 Å². The van der Waals surface area contributed by atoms with E-state index < -0.39 is 0 Å². The maximum Gasteiger partial charge on any atom is 0.0294 e. The lowest BCUT2D eigenvalue weighted by molar-refractivity contribution is 0.252. The highest BCUT2D eigenvalue weighted by atomic mass is 15.0. The first-order valence-electron chi connectivity index (χ1n) is 6.82. The molecule has 1 saturated carbocycles. The highest BCUT2D eigenvalue weighted by Gasteiger charge is 2.24. The van der Waals surface area contributed by atoms with E-state index in [1.54, 1.807) is 0 Å². The molecule has 3 N–H and O–H groups in total. The molecule has 0 bridgehead atoms. The Morgan fingerprint density at radius 2 is 1.94 bits per heavy atom. The van der Waals surface area contributed by atoms with Gasteiger partial charge in [-0.15, -0.1) is 0 Å². The lowest BCUT2D eigenvalue weighted by atomic mass is 9.84. The largest absolute Gasteiger partial charge is 0.330 e. The Balaban J connectivity index is 1.95. The van der Waals surface area contributed by atoms with Crippen LogP contribution in [0.25, 0.3) is 0 Å². The molecule has 0 saturated heterocycles. The second-order valence-electron chi connectivity index (χ2n) is 5.19. The zero-order chi connectivity index (χ0) is 12.1. The van der Waals surface area contributed by atoms with Gasteiger partial charge in [0, 0.05) is 12.1 Å². The molecular weight excluding hydrogens is 208 g/mol. The van der Waals surface area contributed by atoms with Gasteiger partial charge in [-0.25, -0.2) is 0 Å². The molecule has 0 heterocycles. The van der Waals surface area contributed by atoms with Gasteiger partial charge in [0.25, 0.3) is 0 Å². The fourth-order valence-corrected chi connectivity index (χ4v) is 2.87. The number of benzene rings is 1. The molecule has 0 amide bonds. The Morgan fingerprint density at radius 1 is 1.24 bits per heavy atom. The molecule has 0 spiro atoms. The molecule has 1 aliphatic carbocycles. The van der Waals surface area contributed by atoms with E-state index in [-0.39, 0.29) is 0 Å². The van der Waals surface area contributed by atoms with Crippen LogP contribution in [0.2, 0.25) is 0 Å². The Hall–Kier alpha value is -0.860. The molecule has 2 heteroatoms. The highest BCUT2D eigenvalue weighted by molar-refractivity contribution is 5.18. The summed E-state index contributed by atoms with van der Waals surface area (Å²) >= 11 is 0. The number of nitrogens with two attached hydrogens (primary N) is 1. The van der Waals surface area contributed by atoms with Crippen molar-refractivity contribution in [2.75, 3.05) is 6.54 Å². The molecule has 1 aromatic carbocycles. The predicted octanol–water partition coefficient (Wildman–Crippen LogP) is 2.85. The Kier molecular flexibility index (Phi) is 4.57. The lowest BCUT2D eigenvalue weighted by Gasteiger charge is -2.33. The monoisotopic (exact) mass is 232 g/mol. The summed E-state index contributed by atoms with van der Waals surface area (Å²) in [5.74, 6) is 0.662. The normalized spacial score (nSPS) is 26.7. The van der Waals surface area contributed by atoms with Crippen molar-refractivity contribution < 1.29 is 0 Å². The first-order chi connectivity index (χ1) is 8.31. The molecule has 17 heavy (non-hydrogen) atoms. The lowest BCUT2D eigenvalue weighted by Crippen LogP contribution is -2.42. The van der Waals surface area contributed by atoms with Crippen LogP contribution in [0.5, 0.6) is 0 Å². The fourth-order valence-electron chi connectivity index (χ4n) is 2.87. The van der Waals surface area contributed by atoms with E-state index in [1.165, 1.54) is 31.2 Å². The molecule has 1 aliphatic rings. The van der Waals surface area contributed by atoms with E-state index >= 15 is 0 Å². The summed E-state index contributed by atoms with van der Waals surface area (Å²) in [4.78, 5) is 0. The summed E-state index contributed by atoms with van der Waals surface area (Å²) in [6, 6.07) is 11.7. The average Bonchev–Trinajstić information content (AvgIpc) is 2.40. The van der Waals surface area contributed by atoms with Gasteiger partial charge in [-0.3, -0.25) is 0 Å². The molecule has 2 nitrogen and oxygen atoms in total. The first kappa shape index (κ1) is 12.6. The molecule has 94 valence electrons. The number of hydrogen-bond donors (Lipinski definition) is 2. The molecule has 0 radical (unpaired) electrons. The summed E-state index contributed by atoms with van der Waals surface area (Å²) in [6.07, 6.45) is 5.25. The van der Waals surface area contributed by atoms with Crippen molar-refractivity contribution in [3.05, 3.63) is 35.9 Å². The van der Waals surface area contributed by atoms with E-state index in [9.17, 15) is 0 Å². The van der Waals surface area contributed by atoms with Gasteiger partial charge in [-0.05, 0) is 37.8 Å². The molecule has 0 aliphatic heterocycles. The fraction of sp³-hybridized carbons (Fsp3) is 0.600. The molecule has 0 aromatic heterocycles. The van der Waals surface area contributed by atoms with Crippen LogP contribution >= 0.6 is 0 Å². The second kappa shape index (κ2) is 6.18. The summed E-state index contributed by atoms with van der Waals surface area (Å²) in [5.41, 5.74) is 7.24. The zero-order valence-electron chi connectivity index (χ0n) is 10.7. The van der Waals surface area contributed by atoms with Crippen molar-refractivity contribution in [1.82, 2.24) is 5.32 Å². The van der Waals surface area contributed by atoms with Crippen LogP contribution in [0.15, 0.2) is 30.3 Å². The molecular formula is C15H24N2. The maximum atomic E-state index is 5.87. The predicted molar refractivity (Wildman–Crippen MR) is 72.8 cm³/mol. The van der Waals surface area contributed by atoms with Crippen molar-refractivity contribution in [2.24, 2.45) is 11.7 Å². The van der Waals surface area contributed by atoms with E-state index in [0.717, 1.165) is 6.54 Å². The standard InChI is InChI=1S/C15H24N2/c1-12(13-7-3-2-4-8-13)17-15-10-6-5-9-14(15)11-16/h2-4,7-8,12,14-15,17H,5-6,9-11,16H2,1H3/t12-,14?,15?/m1/s1. The quantitative estimate of drug-likeness (QED) is 0.837. The zero-order valence-corrected chi connectivity index (χ0v) is 10.7. The third-order valence-corrected chi connectivity index (χ3v) is 3.98. The highest BCUT2D eigenvalue weighted by Crippen LogP contribution is 2.26. The number of hydrogen-bond acceptors (Lipinski definition) is 2. The van der Waals surface area contributed by atoms with E-state index in [1.807, 2.05) is 0 Å². The van der Waals surface area contributed by atoms with Gasteiger partial charge in [0.15, 0.2) is 0 Å². The van der Waals surface area contributed by atoms with Gasteiger partial charge in [0.05, 0.1) is 0 Å². The summed E-state index contributed by atoms with van der Waals surface area (Å²) in [7, 11) is 0. The van der Waals surface area contributed by atoms with E-state index in [4.69, 9.17) is 5.73 Å². The summed E-state index contributed by atoms with van der Waals surface area (Å²) < 4.78 is 0. The molecule has 1 aromatic rings. The van der Waals surface area contributed by atoms with Gasteiger partial charge in [0.1, 0.15) is 0 Å². The SMILES string of the molecule is C[C@@H](NC1CCCCC1CN)c1ccccc1. The molecule has 3 atom stereocenters. The topological polar surface area (TPSA) is 38.0 Å². The number of nitrogens with one attached hydrogen (secondary N) is 1. The van der Waals surface area contributed by atoms with Crippen LogP contribution in [-0.4, -0.2) is 12.6 Å². The maximum absolute atomic E-state index is 5.87. The van der Waals surface area contributed by atoms with Crippen LogP contribution in [0.4, 0.5) is 0 Å². The minimum atomic E-state index is 0.424. The molecule has 2 unspecified atom stereocenters. The Bertz CT molecular complexity index is 323. The van der Waals surface area contributed by atoms with Crippen LogP contribution < -0.4 is 11.1 Å². The van der Waals surface area contributed by atoms with Gasteiger partial charge in [-0.2, -0.15) is 0 Å². The van der Waals surface area contributed by atoms with E-state index in [0.29, 0.717) is 18.0 Å². The summed E-state index contributed by atoms with van der Waals surface area (Å²) in [5, 5.41) is 3.76. The third-order valence-electron chi connectivity index (χ3n) is 3.98. The number of rotatable bonds is 4. The Labute approximate surface area is 105 Å². The smallest absolute Gasteiger partial charge is 0.0294 e. The minimum Gasteiger partial charge on any atom is -0.330 e. The van der Waals surface area contributed by atoms with Gasteiger partial charge in [0.2, 0.25) is 0 Å². The second-order valence-corrected chi connectivity index (χ2v) is 5.19. The minimum absolute atomic E-state index is 0.424. The molecule has 2 rings (SSSR count). The van der Waals surface area contributed by atoms with Gasteiger partial charge >= 0.3 is 0 Å². The van der Waals surface area contributed by atoms with Gasteiger partial charge < -0.3 is 11.1 Å². The van der Waals surface area contributed by atoms with E-state index in [2.05, 4.69) is 42.6 Å². The Morgan fingerprint density at radius 3 is 2.65 bits per heavy atom.